The molecule has 132 valence electrons. The highest BCUT2D eigenvalue weighted by Gasteiger charge is 2.25. The highest BCUT2D eigenvalue weighted by atomic mass is 32.2. The molecular formula is C18H21N3O3S. The number of carbonyl (C=O) groups excluding carboxylic acids is 1. The van der Waals surface area contributed by atoms with E-state index in [-0.39, 0.29) is 10.8 Å². The van der Waals surface area contributed by atoms with Crippen molar-refractivity contribution in [3.63, 3.8) is 0 Å². The zero-order valence-corrected chi connectivity index (χ0v) is 14.6. The number of carbonyl (C=O) groups is 1. The minimum absolute atomic E-state index is 0.214. The molecule has 0 radical (unpaired) electrons. The number of anilines is 1. The second-order valence-corrected chi connectivity index (χ2v) is 7.79. The van der Waals surface area contributed by atoms with E-state index in [0.29, 0.717) is 30.9 Å². The Morgan fingerprint density at radius 2 is 1.68 bits per heavy atom. The van der Waals surface area contributed by atoms with Gasteiger partial charge >= 0.3 is 0 Å². The van der Waals surface area contributed by atoms with Crippen molar-refractivity contribution in [3.05, 3.63) is 60.2 Å². The number of hydrogen-bond acceptors (Lipinski definition) is 4. The predicted molar refractivity (Wildman–Crippen MR) is 97.1 cm³/mol. The number of hydrogen-bond donors (Lipinski definition) is 2. The van der Waals surface area contributed by atoms with Gasteiger partial charge in [-0.05, 0) is 49.4 Å². The number of sulfonamides is 1. The molecule has 1 amide bonds. The number of rotatable bonds is 4. The molecule has 1 aliphatic heterocycles. The first kappa shape index (κ1) is 17.6. The minimum Gasteiger partial charge on any atom is -0.322 e. The number of nitrogens with one attached hydrogen (secondary N) is 2. The summed E-state index contributed by atoms with van der Waals surface area (Å²) in [5.74, 6) is -0.269. The standard InChI is InChI=1S/C18H21N3O3S/c22-18(20-16-5-2-1-3-6-16)15-7-9-17(10-8-15)25(23,24)21-13-4-11-19-12-14-21/h1-3,5-10,19H,4,11-14H2,(H,20,22). The van der Waals surface area contributed by atoms with E-state index in [9.17, 15) is 13.2 Å². The van der Waals surface area contributed by atoms with Crippen molar-refractivity contribution in [3.8, 4) is 0 Å². The molecule has 0 bridgehead atoms. The van der Waals surface area contributed by atoms with Gasteiger partial charge in [-0.2, -0.15) is 4.31 Å². The van der Waals surface area contributed by atoms with Crippen LogP contribution in [-0.2, 0) is 10.0 Å². The highest BCUT2D eigenvalue weighted by Crippen LogP contribution is 2.18. The van der Waals surface area contributed by atoms with Crippen molar-refractivity contribution in [1.29, 1.82) is 0 Å². The van der Waals surface area contributed by atoms with E-state index < -0.39 is 10.0 Å². The zero-order valence-electron chi connectivity index (χ0n) is 13.8. The van der Waals surface area contributed by atoms with Gasteiger partial charge in [-0.1, -0.05) is 18.2 Å². The van der Waals surface area contributed by atoms with Crippen LogP contribution < -0.4 is 10.6 Å². The monoisotopic (exact) mass is 359 g/mol. The predicted octanol–water partition coefficient (Wildman–Crippen LogP) is 1.92. The van der Waals surface area contributed by atoms with Crippen LogP contribution in [0.2, 0.25) is 0 Å². The van der Waals surface area contributed by atoms with Gasteiger partial charge in [0.25, 0.3) is 5.91 Å². The average Bonchev–Trinajstić information content (AvgIpc) is 2.93. The van der Waals surface area contributed by atoms with E-state index in [0.717, 1.165) is 13.0 Å². The summed E-state index contributed by atoms with van der Waals surface area (Å²) in [6.07, 6.45) is 0.788. The Morgan fingerprint density at radius 1 is 0.960 bits per heavy atom. The maximum Gasteiger partial charge on any atom is 0.255 e. The second kappa shape index (κ2) is 7.77. The van der Waals surface area contributed by atoms with Gasteiger partial charge in [-0.15, -0.1) is 0 Å². The van der Waals surface area contributed by atoms with Crippen LogP contribution in [0.5, 0.6) is 0 Å². The number of benzene rings is 2. The van der Waals surface area contributed by atoms with Gasteiger partial charge in [0.2, 0.25) is 10.0 Å². The van der Waals surface area contributed by atoms with Crippen molar-refractivity contribution in [2.75, 3.05) is 31.5 Å². The Bertz CT molecular complexity index is 812. The molecule has 2 N–H and O–H groups in total. The van der Waals surface area contributed by atoms with Crippen molar-refractivity contribution in [2.24, 2.45) is 0 Å². The van der Waals surface area contributed by atoms with E-state index in [2.05, 4.69) is 10.6 Å². The van der Waals surface area contributed by atoms with Crippen LogP contribution in [0.3, 0.4) is 0 Å². The SMILES string of the molecule is O=C(Nc1ccccc1)c1ccc(S(=O)(=O)N2CCCNCC2)cc1. The van der Waals surface area contributed by atoms with E-state index >= 15 is 0 Å². The summed E-state index contributed by atoms with van der Waals surface area (Å²) >= 11 is 0. The molecule has 2 aromatic rings. The fourth-order valence-corrected chi connectivity index (χ4v) is 4.19. The number of nitrogens with zero attached hydrogens (tertiary/aromatic N) is 1. The van der Waals surface area contributed by atoms with Crippen LogP contribution in [0.25, 0.3) is 0 Å². The van der Waals surface area contributed by atoms with Gasteiger partial charge in [-0.3, -0.25) is 4.79 Å². The van der Waals surface area contributed by atoms with Gasteiger partial charge in [-0.25, -0.2) is 8.42 Å². The van der Waals surface area contributed by atoms with Crippen LogP contribution in [0, 0.1) is 0 Å². The van der Waals surface area contributed by atoms with Crippen molar-refractivity contribution in [2.45, 2.75) is 11.3 Å². The quantitative estimate of drug-likeness (QED) is 0.874. The molecule has 25 heavy (non-hydrogen) atoms. The summed E-state index contributed by atoms with van der Waals surface area (Å²) < 4.78 is 26.9. The third-order valence-corrected chi connectivity index (χ3v) is 6.00. The van der Waals surface area contributed by atoms with Gasteiger partial charge in [0.05, 0.1) is 4.90 Å². The van der Waals surface area contributed by atoms with Crippen LogP contribution in [0.4, 0.5) is 5.69 Å². The minimum atomic E-state index is -3.53. The molecule has 3 rings (SSSR count). The molecule has 2 aromatic carbocycles. The Labute approximate surface area is 147 Å². The van der Waals surface area contributed by atoms with E-state index in [1.54, 1.807) is 24.3 Å². The molecule has 0 aromatic heterocycles. The van der Waals surface area contributed by atoms with E-state index in [4.69, 9.17) is 0 Å². The van der Waals surface area contributed by atoms with Crippen LogP contribution in [-0.4, -0.2) is 44.8 Å². The topological polar surface area (TPSA) is 78.5 Å². The molecule has 1 saturated heterocycles. The summed E-state index contributed by atoms with van der Waals surface area (Å²) in [6, 6.07) is 15.2. The Kier molecular flexibility index (Phi) is 5.47. The van der Waals surface area contributed by atoms with Crippen LogP contribution >= 0.6 is 0 Å². The third kappa shape index (κ3) is 4.25. The second-order valence-electron chi connectivity index (χ2n) is 5.85. The fraction of sp³-hybridized carbons (Fsp3) is 0.278. The zero-order chi connectivity index (χ0) is 17.7. The average molecular weight is 359 g/mol. The molecule has 1 aliphatic rings. The Balaban J connectivity index is 1.74. The maximum atomic E-state index is 12.7. The first-order valence-electron chi connectivity index (χ1n) is 8.25. The molecular weight excluding hydrogens is 338 g/mol. The highest BCUT2D eigenvalue weighted by molar-refractivity contribution is 7.89. The lowest BCUT2D eigenvalue weighted by atomic mass is 10.2. The summed E-state index contributed by atoms with van der Waals surface area (Å²) in [6.45, 7) is 2.44. The third-order valence-electron chi connectivity index (χ3n) is 4.08. The molecule has 0 aliphatic carbocycles. The molecule has 0 atom stereocenters. The fourth-order valence-electron chi connectivity index (χ4n) is 2.71. The molecule has 0 unspecified atom stereocenters. The summed E-state index contributed by atoms with van der Waals surface area (Å²) in [5.41, 5.74) is 1.11. The first-order valence-corrected chi connectivity index (χ1v) is 9.69. The molecule has 0 saturated carbocycles. The van der Waals surface area contributed by atoms with Gasteiger partial charge in [0.15, 0.2) is 0 Å². The first-order chi connectivity index (χ1) is 12.1. The number of para-hydroxylation sites is 1. The Morgan fingerprint density at radius 3 is 2.40 bits per heavy atom. The van der Waals surface area contributed by atoms with Crippen LogP contribution in [0.1, 0.15) is 16.8 Å². The van der Waals surface area contributed by atoms with Crippen molar-refractivity contribution < 1.29 is 13.2 Å². The summed E-state index contributed by atoms with van der Waals surface area (Å²) in [7, 11) is -3.53. The summed E-state index contributed by atoms with van der Waals surface area (Å²) in [5, 5.41) is 5.97. The molecule has 7 heteroatoms. The van der Waals surface area contributed by atoms with Gasteiger partial charge in [0.1, 0.15) is 0 Å². The lowest BCUT2D eigenvalue weighted by Crippen LogP contribution is -2.34. The molecule has 1 fully saturated rings. The van der Waals surface area contributed by atoms with Crippen LogP contribution in [0.15, 0.2) is 59.5 Å². The lowest BCUT2D eigenvalue weighted by molar-refractivity contribution is 0.102. The lowest BCUT2D eigenvalue weighted by Gasteiger charge is -2.19. The van der Waals surface area contributed by atoms with Gasteiger partial charge in [0, 0.05) is 30.9 Å². The largest absolute Gasteiger partial charge is 0.322 e. The van der Waals surface area contributed by atoms with E-state index in [1.165, 1.54) is 16.4 Å². The molecule has 1 heterocycles. The summed E-state index contributed by atoms with van der Waals surface area (Å²) in [4.78, 5) is 12.5. The smallest absolute Gasteiger partial charge is 0.255 e. The maximum absolute atomic E-state index is 12.7. The normalized spacial score (nSPS) is 16.2. The van der Waals surface area contributed by atoms with Crippen molar-refractivity contribution in [1.82, 2.24) is 9.62 Å². The van der Waals surface area contributed by atoms with E-state index in [1.807, 2.05) is 18.2 Å². The molecule has 0 spiro atoms. The Hall–Kier alpha value is -2.22. The number of amides is 1. The van der Waals surface area contributed by atoms with Crippen molar-refractivity contribution >= 4 is 21.6 Å². The van der Waals surface area contributed by atoms with Gasteiger partial charge < -0.3 is 10.6 Å². The molecule has 6 nitrogen and oxygen atoms in total.